The summed E-state index contributed by atoms with van der Waals surface area (Å²) in [4.78, 5) is 0. The molecule has 0 aromatic heterocycles. The third-order valence-corrected chi connectivity index (χ3v) is 6.16. The van der Waals surface area contributed by atoms with Crippen molar-refractivity contribution in [2.45, 2.75) is 69.4 Å². The van der Waals surface area contributed by atoms with E-state index in [2.05, 4.69) is 21.9 Å². The third-order valence-electron chi connectivity index (χ3n) is 4.98. The van der Waals surface area contributed by atoms with Crippen molar-refractivity contribution in [3.05, 3.63) is 12.7 Å². The van der Waals surface area contributed by atoms with Gasteiger partial charge in [0.2, 0.25) is 0 Å². The third kappa shape index (κ3) is 2.53. The van der Waals surface area contributed by atoms with E-state index < -0.39 is 0 Å². The van der Waals surface area contributed by atoms with Crippen LogP contribution in [-0.2, 0) is 0 Å². The largest absolute Gasteiger partial charge is 0.126 e. The summed E-state index contributed by atoms with van der Waals surface area (Å²) >= 11 is 0. The predicted octanol–water partition coefficient (Wildman–Crippen LogP) is 4.95. The van der Waals surface area contributed by atoms with Crippen molar-refractivity contribution in [1.29, 1.82) is 0 Å². The SMILES string of the molecule is C=CC(P)(C1CCCCC1)C1CCCCC1. The summed E-state index contributed by atoms with van der Waals surface area (Å²) in [5.41, 5.74) is 0. The van der Waals surface area contributed by atoms with E-state index in [0.717, 1.165) is 11.8 Å². The molecule has 0 radical (unpaired) electrons. The van der Waals surface area contributed by atoms with E-state index in [9.17, 15) is 0 Å². The normalized spacial score (nSPS) is 25.6. The second-order valence-corrected chi connectivity index (χ2v) is 6.87. The number of allylic oxidation sites excluding steroid dienone is 1. The first-order valence-electron chi connectivity index (χ1n) is 7.20. The Kier molecular flexibility index (Phi) is 4.48. The minimum atomic E-state index is 0.362. The van der Waals surface area contributed by atoms with Crippen LogP contribution >= 0.6 is 9.24 Å². The highest BCUT2D eigenvalue weighted by Gasteiger charge is 2.39. The minimum Gasteiger partial charge on any atom is -0.126 e. The van der Waals surface area contributed by atoms with Gasteiger partial charge in [0.1, 0.15) is 0 Å². The lowest BCUT2D eigenvalue weighted by Gasteiger charge is -2.45. The van der Waals surface area contributed by atoms with Crippen LogP contribution in [-0.4, -0.2) is 5.16 Å². The Hall–Kier alpha value is 0.170. The first-order valence-corrected chi connectivity index (χ1v) is 7.77. The molecule has 16 heavy (non-hydrogen) atoms. The Morgan fingerprint density at radius 2 is 1.19 bits per heavy atom. The van der Waals surface area contributed by atoms with Crippen LogP contribution in [0, 0.1) is 11.8 Å². The Morgan fingerprint density at radius 1 is 0.812 bits per heavy atom. The van der Waals surface area contributed by atoms with E-state index in [-0.39, 0.29) is 0 Å². The number of hydrogen-bond acceptors (Lipinski definition) is 0. The molecule has 0 aromatic rings. The monoisotopic (exact) mass is 238 g/mol. The summed E-state index contributed by atoms with van der Waals surface area (Å²) in [6.07, 6.45) is 16.7. The summed E-state index contributed by atoms with van der Waals surface area (Å²) in [6.45, 7) is 4.16. The van der Waals surface area contributed by atoms with Crippen LogP contribution in [0.2, 0.25) is 0 Å². The maximum absolute atomic E-state index is 4.16. The summed E-state index contributed by atoms with van der Waals surface area (Å²) in [6, 6.07) is 0. The second kappa shape index (κ2) is 5.67. The Bertz CT molecular complexity index is 204. The van der Waals surface area contributed by atoms with Gasteiger partial charge in [-0.25, -0.2) is 0 Å². The molecule has 0 bridgehead atoms. The highest BCUT2D eigenvalue weighted by Crippen LogP contribution is 2.48. The Morgan fingerprint density at radius 3 is 1.50 bits per heavy atom. The van der Waals surface area contributed by atoms with E-state index in [1.54, 1.807) is 0 Å². The molecule has 2 fully saturated rings. The van der Waals surface area contributed by atoms with Crippen LogP contribution in [0.3, 0.4) is 0 Å². The number of hydrogen-bond donors (Lipinski definition) is 0. The molecule has 0 N–H and O–H groups in total. The highest BCUT2D eigenvalue weighted by atomic mass is 31.0. The van der Waals surface area contributed by atoms with Gasteiger partial charge in [-0.05, 0) is 37.5 Å². The lowest BCUT2D eigenvalue weighted by atomic mass is 9.69. The molecular weight excluding hydrogens is 211 g/mol. The molecule has 0 saturated heterocycles. The molecule has 0 aromatic carbocycles. The van der Waals surface area contributed by atoms with Crippen LogP contribution in [0.15, 0.2) is 12.7 Å². The molecule has 1 atom stereocenters. The standard InChI is InChI=1S/C15H27P/c1-2-15(16,13-9-5-3-6-10-13)14-11-7-4-8-12-14/h2,13-14H,1,3-12,16H2. The lowest BCUT2D eigenvalue weighted by molar-refractivity contribution is 0.208. The van der Waals surface area contributed by atoms with Crippen molar-refractivity contribution >= 4 is 9.24 Å². The van der Waals surface area contributed by atoms with Gasteiger partial charge in [-0.3, -0.25) is 0 Å². The molecule has 2 rings (SSSR count). The minimum absolute atomic E-state index is 0.362. The molecule has 0 aliphatic heterocycles. The quantitative estimate of drug-likeness (QED) is 0.482. The lowest BCUT2D eigenvalue weighted by Crippen LogP contribution is -2.39. The topological polar surface area (TPSA) is 0 Å². The average Bonchev–Trinajstić information content (AvgIpc) is 2.40. The van der Waals surface area contributed by atoms with Gasteiger partial charge in [0, 0.05) is 5.16 Å². The summed E-state index contributed by atoms with van der Waals surface area (Å²) < 4.78 is 0. The van der Waals surface area contributed by atoms with Gasteiger partial charge in [0.15, 0.2) is 0 Å². The fourth-order valence-electron chi connectivity index (χ4n) is 3.87. The van der Waals surface area contributed by atoms with Crippen LogP contribution in [0.4, 0.5) is 0 Å². The molecule has 1 unspecified atom stereocenters. The van der Waals surface area contributed by atoms with Crippen molar-refractivity contribution < 1.29 is 0 Å². The first-order chi connectivity index (χ1) is 7.77. The second-order valence-electron chi connectivity index (χ2n) is 5.87. The highest BCUT2D eigenvalue weighted by molar-refractivity contribution is 7.19. The first kappa shape index (κ1) is 12.6. The molecule has 2 saturated carbocycles. The smallest absolute Gasteiger partial charge is 0.00805 e. The molecule has 1 heteroatoms. The zero-order valence-electron chi connectivity index (χ0n) is 10.6. The predicted molar refractivity (Wildman–Crippen MR) is 75.8 cm³/mol. The molecule has 0 amide bonds. The van der Waals surface area contributed by atoms with E-state index in [4.69, 9.17) is 0 Å². The molecular formula is C15H27P. The van der Waals surface area contributed by atoms with Crippen molar-refractivity contribution in [2.24, 2.45) is 11.8 Å². The van der Waals surface area contributed by atoms with Crippen LogP contribution in [0.1, 0.15) is 64.2 Å². The zero-order chi connectivity index (χ0) is 11.4. The zero-order valence-corrected chi connectivity index (χ0v) is 11.7. The van der Waals surface area contributed by atoms with E-state index in [1.165, 1.54) is 64.2 Å². The van der Waals surface area contributed by atoms with Gasteiger partial charge in [-0.1, -0.05) is 44.6 Å². The van der Waals surface area contributed by atoms with E-state index >= 15 is 0 Å². The van der Waals surface area contributed by atoms with Crippen molar-refractivity contribution in [3.8, 4) is 0 Å². The Balaban J connectivity index is 2.06. The molecule has 2 aliphatic rings. The van der Waals surface area contributed by atoms with Gasteiger partial charge < -0.3 is 0 Å². The fraction of sp³-hybridized carbons (Fsp3) is 0.867. The Labute approximate surface area is 103 Å². The molecule has 0 spiro atoms. The maximum Gasteiger partial charge on any atom is 0.00805 e. The van der Waals surface area contributed by atoms with Gasteiger partial charge in [0.25, 0.3) is 0 Å². The van der Waals surface area contributed by atoms with Gasteiger partial charge in [0.05, 0.1) is 0 Å². The molecule has 0 heterocycles. The van der Waals surface area contributed by atoms with Crippen molar-refractivity contribution in [3.63, 3.8) is 0 Å². The van der Waals surface area contributed by atoms with Crippen LogP contribution < -0.4 is 0 Å². The number of rotatable bonds is 3. The average molecular weight is 238 g/mol. The van der Waals surface area contributed by atoms with E-state index in [0.29, 0.717) is 5.16 Å². The van der Waals surface area contributed by atoms with Gasteiger partial charge in [-0.15, -0.1) is 15.8 Å². The molecule has 92 valence electrons. The summed E-state index contributed by atoms with van der Waals surface area (Å²) in [7, 11) is 3.21. The van der Waals surface area contributed by atoms with Crippen LogP contribution in [0.5, 0.6) is 0 Å². The summed E-state index contributed by atoms with van der Waals surface area (Å²) in [5.74, 6) is 1.79. The summed E-state index contributed by atoms with van der Waals surface area (Å²) in [5, 5.41) is 0.362. The van der Waals surface area contributed by atoms with Gasteiger partial charge in [-0.2, -0.15) is 0 Å². The molecule has 0 nitrogen and oxygen atoms in total. The van der Waals surface area contributed by atoms with Crippen LogP contribution in [0.25, 0.3) is 0 Å². The van der Waals surface area contributed by atoms with Crippen molar-refractivity contribution in [2.75, 3.05) is 0 Å². The van der Waals surface area contributed by atoms with E-state index in [1.807, 2.05) is 0 Å². The maximum atomic E-state index is 4.16. The molecule has 2 aliphatic carbocycles. The fourth-order valence-corrected chi connectivity index (χ4v) is 4.54. The van der Waals surface area contributed by atoms with Crippen molar-refractivity contribution in [1.82, 2.24) is 0 Å². The van der Waals surface area contributed by atoms with Gasteiger partial charge >= 0.3 is 0 Å².